The highest BCUT2D eigenvalue weighted by molar-refractivity contribution is 7.99. The topological polar surface area (TPSA) is 71.5 Å². The van der Waals surface area contributed by atoms with E-state index in [2.05, 4.69) is 10.3 Å². The zero-order chi connectivity index (χ0) is 20.2. The van der Waals surface area contributed by atoms with E-state index < -0.39 is 0 Å². The molecule has 6 nitrogen and oxygen atoms in total. The first-order chi connectivity index (χ1) is 14.2. The summed E-state index contributed by atoms with van der Waals surface area (Å²) in [5, 5.41) is 3.53. The van der Waals surface area contributed by atoms with Crippen LogP contribution in [0.15, 0.2) is 76.8 Å². The van der Waals surface area contributed by atoms with Crippen LogP contribution in [0, 0.1) is 0 Å². The number of para-hydroxylation sites is 1. The molecule has 1 aliphatic rings. The molecule has 1 N–H and O–H groups in total. The van der Waals surface area contributed by atoms with Gasteiger partial charge in [-0.25, -0.2) is 4.98 Å². The van der Waals surface area contributed by atoms with Crippen molar-refractivity contribution in [3.63, 3.8) is 0 Å². The van der Waals surface area contributed by atoms with Crippen LogP contribution in [0.3, 0.4) is 0 Å². The largest absolute Gasteiger partial charge is 0.497 e. The third-order valence-electron chi connectivity index (χ3n) is 4.53. The molecule has 7 heteroatoms. The van der Waals surface area contributed by atoms with E-state index in [4.69, 9.17) is 4.74 Å². The Labute approximate surface area is 172 Å². The summed E-state index contributed by atoms with van der Waals surface area (Å²) in [7, 11) is 1.58. The van der Waals surface area contributed by atoms with Crippen molar-refractivity contribution < 1.29 is 14.3 Å². The average Bonchev–Trinajstić information content (AvgIpc) is 2.86. The standard InChI is InChI=1S/C22H19N3O3S/c1-28-16-7-4-6-15(14-16)24-20(26)11-13-25-18-9-2-3-10-19(18)29-21-17(22(25)27)8-5-12-23-21/h2-10,12,14H,11,13H2,1H3,(H,24,26). The first kappa shape index (κ1) is 19.0. The van der Waals surface area contributed by atoms with E-state index in [0.717, 1.165) is 10.6 Å². The van der Waals surface area contributed by atoms with Gasteiger partial charge in [-0.05, 0) is 36.4 Å². The van der Waals surface area contributed by atoms with E-state index in [1.165, 1.54) is 11.8 Å². The fraction of sp³-hybridized carbons (Fsp3) is 0.136. The van der Waals surface area contributed by atoms with Gasteiger partial charge >= 0.3 is 0 Å². The molecule has 29 heavy (non-hydrogen) atoms. The number of carbonyl (C=O) groups is 2. The summed E-state index contributed by atoms with van der Waals surface area (Å²) < 4.78 is 5.18. The number of aromatic nitrogens is 1. The lowest BCUT2D eigenvalue weighted by Crippen LogP contribution is -2.33. The summed E-state index contributed by atoms with van der Waals surface area (Å²) in [6.45, 7) is 0.264. The van der Waals surface area contributed by atoms with Gasteiger partial charge in [-0.2, -0.15) is 0 Å². The van der Waals surface area contributed by atoms with E-state index in [1.54, 1.807) is 42.5 Å². The molecule has 0 saturated carbocycles. The van der Waals surface area contributed by atoms with Crippen LogP contribution in [0.1, 0.15) is 16.8 Å². The molecule has 3 aromatic rings. The maximum atomic E-state index is 13.2. The van der Waals surface area contributed by atoms with E-state index >= 15 is 0 Å². The van der Waals surface area contributed by atoms with Gasteiger partial charge in [0.2, 0.25) is 5.91 Å². The van der Waals surface area contributed by atoms with Crippen molar-refractivity contribution >= 4 is 35.0 Å². The number of benzene rings is 2. The SMILES string of the molecule is COc1cccc(NC(=O)CCN2C(=O)c3cccnc3Sc3ccccc32)c1. The number of hydrogen-bond donors (Lipinski definition) is 1. The van der Waals surface area contributed by atoms with Gasteiger partial charge < -0.3 is 15.0 Å². The zero-order valence-electron chi connectivity index (χ0n) is 15.8. The molecule has 0 fully saturated rings. The quantitative estimate of drug-likeness (QED) is 0.688. The first-order valence-corrected chi connectivity index (χ1v) is 9.95. The molecule has 0 aliphatic carbocycles. The molecule has 0 atom stereocenters. The minimum Gasteiger partial charge on any atom is -0.497 e. The van der Waals surface area contributed by atoms with E-state index in [-0.39, 0.29) is 24.8 Å². The Balaban J connectivity index is 1.54. The molecule has 1 aliphatic heterocycles. The van der Waals surface area contributed by atoms with Crippen molar-refractivity contribution in [2.45, 2.75) is 16.3 Å². The number of carbonyl (C=O) groups excluding carboxylic acids is 2. The van der Waals surface area contributed by atoms with Crippen LogP contribution in [-0.4, -0.2) is 30.5 Å². The molecular formula is C22H19N3O3S. The third-order valence-corrected chi connectivity index (χ3v) is 5.61. The van der Waals surface area contributed by atoms with Crippen LogP contribution in [0.2, 0.25) is 0 Å². The highest BCUT2D eigenvalue weighted by atomic mass is 32.2. The summed E-state index contributed by atoms with van der Waals surface area (Å²) in [5.74, 6) is 0.340. The van der Waals surface area contributed by atoms with Crippen LogP contribution < -0.4 is 15.0 Å². The number of ether oxygens (including phenoxy) is 1. The monoisotopic (exact) mass is 405 g/mol. The second-order valence-corrected chi connectivity index (χ2v) is 7.44. The number of anilines is 2. The van der Waals surface area contributed by atoms with E-state index in [9.17, 15) is 9.59 Å². The van der Waals surface area contributed by atoms with Crippen LogP contribution >= 0.6 is 11.8 Å². The molecule has 146 valence electrons. The second-order valence-electron chi connectivity index (χ2n) is 6.41. The predicted octanol–water partition coefficient (Wildman–Crippen LogP) is 4.23. The molecule has 0 unspecified atom stereocenters. The van der Waals surface area contributed by atoms with Gasteiger partial charge in [-0.15, -0.1) is 0 Å². The minimum absolute atomic E-state index is 0.153. The van der Waals surface area contributed by atoms with Gasteiger partial charge in [-0.3, -0.25) is 9.59 Å². The Bertz CT molecular complexity index is 1070. The predicted molar refractivity (Wildman–Crippen MR) is 113 cm³/mol. The van der Waals surface area contributed by atoms with E-state index in [0.29, 0.717) is 22.0 Å². The second kappa shape index (κ2) is 8.36. The molecule has 4 rings (SSSR count). The number of fused-ring (bicyclic) bond motifs is 2. The molecule has 0 saturated heterocycles. The summed E-state index contributed by atoms with van der Waals surface area (Å²) in [4.78, 5) is 32.6. The normalized spacial score (nSPS) is 12.6. The van der Waals surface area contributed by atoms with Crippen LogP contribution in [0.5, 0.6) is 5.75 Å². The number of amides is 2. The Morgan fingerprint density at radius 3 is 2.86 bits per heavy atom. The van der Waals surface area contributed by atoms with Gasteiger partial charge in [-0.1, -0.05) is 30.0 Å². The number of methoxy groups -OCH3 is 1. The highest BCUT2D eigenvalue weighted by Crippen LogP contribution is 2.40. The van der Waals surface area contributed by atoms with E-state index in [1.807, 2.05) is 36.4 Å². The zero-order valence-corrected chi connectivity index (χ0v) is 16.6. The fourth-order valence-electron chi connectivity index (χ4n) is 3.12. The third kappa shape index (κ3) is 4.09. The Morgan fingerprint density at radius 2 is 2.00 bits per heavy atom. The Hall–Kier alpha value is -3.32. The van der Waals surface area contributed by atoms with Gasteiger partial charge in [0.05, 0.1) is 18.4 Å². The summed E-state index contributed by atoms with van der Waals surface area (Å²) in [6, 6.07) is 18.4. The average molecular weight is 405 g/mol. The summed E-state index contributed by atoms with van der Waals surface area (Å²) in [5.41, 5.74) is 1.98. The lowest BCUT2D eigenvalue weighted by Gasteiger charge is -2.22. The molecule has 1 aromatic heterocycles. The van der Waals surface area contributed by atoms with Crippen molar-refractivity contribution in [1.29, 1.82) is 0 Å². The number of pyridine rings is 1. The number of nitrogens with one attached hydrogen (secondary N) is 1. The van der Waals surface area contributed by atoms with Gasteiger partial charge in [0.1, 0.15) is 10.8 Å². The summed E-state index contributed by atoms with van der Waals surface area (Å²) >= 11 is 1.46. The van der Waals surface area contributed by atoms with Crippen molar-refractivity contribution in [3.05, 3.63) is 72.4 Å². The smallest absolute Gasteiger partial charge is 0.261 e. The molecule has 2 aromatic carbocycles. The van der Waals surface area contributed by atoms with Gasteiger partial charge in [0.25, 0.3) is 5.91 Å². The molecular weight excluding hydrogens is 386 g/mol. The Kier molecular flexibility index (Phi) is 5.48. The Morgan fingerprint density at radius 1 is 1.14 bits per heavy atom. The maximum Gasteiger partial charge on any atom is 0.261 e. The van der Waals surface area contributed by atoms with Crippen LogP contribution in [0.4, 0.5) is 11.4 Å². The number of rotatable bonds is 5. The first-order valence-electron chi connectivity index (χ1n) is 9.13. The van der Waals surface area contributed by atoms with Crippen molar-refractivity contribution in [2.75, 3.05) is 23.9 Å². The van der Waals surface area contributed by atoms with Gasteiger partial charge in [0.15, 0.2) is 0 Å². The fourth-order valence-corrected chi connectivity index (χ4v) is 4.14. The summed E-state index contributed by atoms with van der Waals surface area (Å²) in [6.07, 6.45) is 1.84. The maximum absolute atomic E-state index is 13.2. The van der Waals surface area contributed by atoms with Crippen LogP contribution in [0.25, 0.3) is 0 Å². The van der Waals surface area contributed by atoms with Crippen molar-refractivity contribution in [3.8, 4) is 5.75 Å². The van der Waals surface area contributed by atoms with Crippen molar-refractivity contribution in [1.82, 2.24) is 4.98 Å². The number of nitrogens with zero attached hydrogens (tertiary/aromatic N) is 2. The van der Waals surface area contributed by atoms with Crippen LogP contribution in [-0.2, 0) is 4.79 Å². The lowest BCUT2D eigenvalue weighted by atomic mass is 10.2. The molecule has 2 heterocycles. The molecule has 0 bridgehead atoms. The molecule has 0 radical (unpaired) electrons. The molecule has 0 spiro atoms. The van der Waals surface area contributed by atoms with Crippen molar-refractivity contribution in [2.24, 2.45) is 0 Å². The van der Waals surface area contributed by atoms with Gasteiger partial charge in [0, 0.05) is 35.8 Å². The minimum atomic E-state index is -0.174. The molecule has 2 amide bonds. The highest BCUT2D eigenvalue weighted by Gasteiger charge is 2.28. The lowest BCUT2D eigenvalue weighted by molar-refractivity contribution is -0.116. The number of hydrogen-bond acceptors (Lipinski definition) is 5.